The minimum absolute atomic E-state index is 0.0817. The largest absolute Gasteiger partial charge is 0.464 e. The quantitative estimate of drug-likeness (QED) is 0.568. The van der Waals surface area contributed by atoms with Crippen LogP contribution in [0.5, 0.6) is 5.75 Å². The Kier molecular flexibility index (Phi) is 4.12. The Morgan fingerprint density at radius 3 is 2.53 bits per heavy atom. The molecule has 0 N–H and O–H groups in total. The van der Waals surface area contributed by atoms with E-state index in [9.17, 15) is 8.42 Å². The Morgan fingerprint density at radius 1 is 1.27 bits per heavy atom. The maximum Gasteiger partial charge on any atom is 0.178 e. The molecule has 0 atom stereocenters. The third kappa shape index (κ3) is 4.46. The third-order valence-corrected chi connectivity index (χ3v) is 2.79. The van der Waals surface area contributed by atoms with Crippen molar-refractivity contribution in [1.29, 1.82) is 0 Å². The summed E-state index contributed by atoms with van der Waals surface area (Å²) in [5.41, 5.74) is 0. The Labute approximate surface area is 89.6 Å². The standard InChI is InChI=1S/C11H12O3S/c1-2-9-15(12,13)10-8-14-11-6-4-3-5-7-11/h2-8,10H,1,9H2. The Balaban J connectivity index is 2.58. The smallest absolute Gasteiger partial charge is 0.178 e. The van der Waals surface area contributed by atoms with E-state index in [-0.39, 0.29) is 5.75 Å². The minimum Gasteiger partial charge on any atom is -0.464 e. The van der Waals surface area contributed by atoms with E-state index in [1.807, 2.05) is 6.07 Å². The van der Waals surface area contributed by atoms with Gasteiger partial charge in [-0.1, -0.05) is 24.3 Å². The van der Waals surface area contributed by atoms with E-state index in [1.165, 1.54) is 6.08 Å². The summed E-state index contributed by atoms with van der Waals surface area (Å²) in [7, 11) is -3.23. The van der Waals surface area contributed by atoms with Gasteiger partial charge in [-0.05, 0) is 12.1 Å². The molecule has 0 aliphatic heterocycles. The van der Waals surface area contributed by atoms with Crippen molar-refractivity contribution in [1.82, 2.24) is 0 Å². The van der Waals surface area contributed by atoms with Crippen LogP contribution in [0.15, 0.2) is 54.7 Å². The highest BCUT2D eigenvalue weighted by Gasteiger charge is 2.01. The minimum atomic E-state index is -3.23. The molecule has 1 aromatic carbocycles. The van der Waals surface area contributed by atoms with Crippen molar-refractivity contribution < 1.29 is 13.2 Å². The maximum absolute atomic E-state index is 11.2. The molecule has 0 spiro atoms. The van der Waals surface area contributed by atoms with Crippen molar-refractivity contribution >= 4 is 9.84 Å². The van der Waals surface area contributed by atoms with Gasteiger partial charge in [-0.2, -0.15) is 0 Å². The average molecular weight is 224 g/mol. The van der Waals surface area contributed by atoms with Crippen LogP contribution >= 0.6 is 0 Å². The number of benzene rings is 1. The molecule has 4 heteroatoms. The molecule has 0 unspecified atom stereocenters. The van der Waals surface area contributed by atoms with Gasteiger partial charge in [-0.25, -0.2) is 8.42 Å². The van der Waals surface area contributed by atoms with Gasteiger partial charge in [-0.3, -0.25) is 0 Å². The van der Waals surface area contributed by atoms with Crippen LogP contribution < -0.4 is 4.74 Å². The van der Waals surface area contributed by atoms with E-state index in [0.717, 1.165) is 11.7 Å². The van der Waals surface area contributed by atoms with Crippen LogP contribution in [0.25, 0.3) is 0 Å². The summed E-state index contributed by atoms with van der Waals surface area (Å²) in [6, 6.07) is 8.95. The topological polar surface area (TPSA) is 43.4 Å². The lowest BCUT2D eigenvalue weighted by molar-refractivity contribution is 0.481. The van der Waals surface area contributed by atoms with Crippen LogP contribution in [0.4, 0.5) is 0 Å². The molecule has 3 nitrogen and oxygen atoms in total. The molecular formula is C11H12O3S. The van der Waals surface area contributed by atoms with Gasteiger partial charge >= 0.3 is 0 Å². The summed E-state index contributed by atoms with van der Waals surface area (Å²) in [5.74, 6) is 0.518. The van der Waals surface area contributed by atoms with Crippen LogP contribution in [-0.4, -0.2) is 14.2 Å². The second-order valence-electron chi connectivity index (χ2n) is 2.82. The molecule has 0 aliphatic carbocycles. The maximum atomic E-state index is 11.2. The molecule has 1 rings (SSSR count). The number of para-hydroxylation sites is 1. The van der Waals surface area contributed by atoms with Crippen molar-refractivity contribution in [3.63, 3.8) is 0 Å². The number of hydrogen-bond donors (Lipinski definition) is 0. The van der Waals surface area contributed by atoms with Crippen LogP contribution in [-0.2, 0) is 9.84 Å². The van der Waals surface area contributed by atoms with Gasteiger partial charge in [0.2, 0.25) is 0 Å². The normalized spacial score (nSPS) is 11.5. The van der Waals surface area contributed by atoms with Gasteiger partial charge in [0.1, 0.15) is 12.0 Å². The third-order valence-electron chi connectivity index (χ3n) is 1.56. The lowest BCUT2D eigenvalue weighted by Crippen LogP contribution is -1.99. The summed E-state index contributed by atoms with van der Waals surface area (Å²) in [5, 5.41) is 1.03. The summed E-state index contributed by atoms with van der Waals surface area (Å²) in [6.45, 7) is 3.36. The van der Waals surface area contributed by atoms with Crippen molar-refractivity contribution in [2.24, 2.45) is 0 Å². The van der Waals surface area contributed by atoms with Gasteiger partial charge in [0.25, 0.3) is 0 Å². The van der Waals surface area contributed by atoms with Crippen LogP contribution in [0.3, 0.4) is 0 Å². The highest BCUT2D eigenvalue weighted by molar-refractivity contribution is 7.94. The highest BCUT2D eigenvalue weighted by atomic mass is 32.2. The van der Waals surface area contributed by atoms with E-state index in [0.29, 0.717) is 5.75 Å². The molecular weight excluding hydrogens is 212 g/mol. The number of ether oxygens (including phenoxy) is 1. The van der Waals surface area contributed by atoms with E-state index < -0.39 is 9.84 Å². The van der Waals surface area contributed by atoms with Gasteiger partial charge in [0, 0.05) is 0 Å². The van der Waals surface area contributed by atoms with Crippen LogP contribution in [0.2, 0.25) is 0 Å². The van der Waals surface area contributed by atoms with Crippen LogP contribution in [0.1, 0.15) is 0 Å². The molecule has 0 aromatic heterocycles. The lowest BCUT2D eigenvalue weighted by atomic mass is 10.3. The van der Waals surface area contributed by atoms with Crippen molar-refractivity contribution in [2.45, 2.75) is 0 Å². The Hall–Kier alpha value is -1.55. The van der Waals surface area contributed by atoms with Crippen molar-refractivity contribution in [2.75, 3.05) is 5.75 Å². The van der Waals surface area contributed by atoms with Gasteiger partial charge in [0.15, 0.2) is 9.84 Å². The molecule has 15 heavy (non-hydrogen) atoms. The Bertz CT molecular complexity index is 432. The average Bonchev–Trinajstić information content (AvgIpc) is 2.19. The summed E-state index contributed by atoms with van der Waals surface area (Å²) in [4.78, 5) is 0. The zero-order valence-electron chi connectivity index (χ0n) is 8.17. The predicted molar refractivity (Wildman–Crippen MR) is 60.2 cm³/mol. The first kappa shape index (κ1) is 11.5. The number of rotatable bonds is 5. The molecule has 0 saturated heterocycles. The van der Waals surface area contributed by atoms with E-state index in [2.05, 4.69) is 6.58 Å². The molecule has 0 amide bonds. The van der Waals surface area contributed by atoms with Crippen LogP contribution in [0, 0.1) is 0 Å². The second-order valence-corrected chi connectivity index (χ2v) is 4.75. The summed E-state index contributed by atoms with van der Waals surface area (Å²) < 4.78 is 27.5. The van der Waals surface area contributed by atoms with Gasteiger partial charge in [-0.15, -0.1) is 6.58 Å². The predicted octanol–water partition coefficient (Wildman–Crippen LogP) is 2.14. The van der Waals surface area contributed by atoms with Crippen molar-refractivity contribution in [3.05, 3.63) is 54.7 Å². The zero-order chi connectivity index (χ0) is 11.1. The second kappa shape index (κ2) is 5.36. The SMILES string of the molecule is C=CCS(=O)(=O)C=COc1ccccc1. The van der Waals surface area contributed by atoms with Crippen molar-refractivity contribution in [3.8, 4) is 5.75 Å². The first-order chi connectivity index (χ1) is 7.14. The van der Waals surface area contributed by atoms with Gasteiger partial charge < -0.3 is 4.74 Å². The van der Waals surface area contributed by atoms with E-state index in [1.54, 1.807) is 24.3 Å². The monoisotopic (exact) mass is 224 g/mol. The molecule has 0 saturated carbocycles. The molecule has 0 heterocycles. The molecule has 0 fully saturated rings. The van der Waals surface area contributed by atoms with E-state index >= 15 is 0 Å². The molecule has 0 aliphatic rings. The Morgan fingerprint density at radius 2 is 1.93 bits per heavy atom. The number of sulfone groups is 1. The molecule has 80 valence electrons. The molecule has 1 aromatic rings. The highest BCUT2D eigenvalue weighted by Crippen LogP contribution is 2.08. The first-order valence-corrected chi connectivity index (χ1v) is 6.07. The fraction of sp³-hybridized carbons (Fsp3) is 0.0909. The number of hydrogen-bond acceptors (Lipinski definition) is 3. The first-order valence-electron chi connectivity index (χ1n) is 4.36. The molecule has 0 bridgehead atoms. The lowest BCUT2D eigenvalue weighted by Gasteiger charge is -1.98. The van der Waals surface area contributed by atoms with E-state index in [4.69, 9.17) is 4.74 Å². The summed E-state index contributed by atoms with van der Waals surface area (Å²) >= 11 is 0. The summed E-state index contributed by atoms with van der Waals surface area (Å²) in [6.07, 6.45) is 2.50. The molecule has 0 radical (unpaired) electrons. The fourth-order valence-corrected chi connectivity index (χ4v) is 1.57. The fourth-order valence-electron chi connectivity index (χ4n) is 0.910. The van der Waals surface area contributed by atoms with Gasteiger partial charge in [0.05, 0.1) is 11.2 Å². The zero-order valence-corrected chi connectivity index (χ0v) is 8.98.